The van der Waals surface area contributed by atoms with Crippen molar-refractivity contribution in [3.63, 3.8) is 0 Å². The van der Waals surface area contributed by atoms with Crippen LogP contribution in [0.15, 0.2) is 42.5 Å². The van der Waals surface area contributed by atoms with E-state index in [0.29, 0.717) is 0 Å². The molecular weight excluding hydrogens is 507 g/mol. The van der Waals surface area contributed by atoms with Crippen LogP contribution in [-0.4, -0.2) is 54.6 Å². The van der Waals surface area contributed by atoms with Crippen LogP contribution in [0.1, 0.15) is 19.8 Å². The lowest BCUT2D eigenvalue weighted by atomic mass is 10.2. The second-order valence-corrected chi connectivity index (χ2v) is 8.22. The number of halogens is 7. The molecule has 0 saturated carbocycles. The quantitative estimate of drug-likeness (QED) is 0.112. The van der Waals surface area contributed by atoms with E-state index in [-0.39, 0.29) is 5.69 Å². The van der Waals surface area contributed by atoms with Gasteiger partial charge in [0.15, 0.2) is 0 Å². The number of alkyl halides is 7. The zero-order valence-corrected chi connectivity index (χ0v) is 18.0. The third kappa shape index (κ3) is 6.44. The lowest BCUT2D eigenvalue weighted by molar-refractivity contribution is -0.345. The van der Waals surface area contributed by atoms with Crippen molar-refractivity contribution in [2.45, 2.75) is 42.9 Å². The normalized spacial score (nSPS) is 14.7. The maximum atomic E-state index is 13.9. The fraction of sp³-hybridized carbons (Fsp3) is 0.444. The van der Waals surface area contributed by atoms with Gasteiger partial charge in [0, 0.05) is 17.7 Å². The van der Waals surface area contributed by atoms with E-state index in [1.807, 2.05) is 0 Å². The molecule has 0 saturated heterocycles. The molecule has 0 fully saturated rings. The van der Waals surface area contributed by atoms with Crippen molar-refractivity contribution in [1.29, 1.82) is 0 Å². The minimum absolute atomic E-state index is 0.213. The minimum atomic E-state index is -6.57. The van der Waals surface area contributed by atoms with Gasteiger partial charge in [0.2, 0.25) is 0 Å². The van der Waals surface area contributed by atoms with E-state index < -0.39 is 70.2 Å². The number of amides is 1. The fourth-order valence-corrected chi connectivity index (χ4v) is 2.69. The Labute approximate surface area is 188 Å². The van der Waals surface area contributed by atoms with Gasteiger partial charge in [-0.15, -0.1) is 0 Å². The Morgan fingerprint density at radius 1 is 1.06 bits per heavy atom. The predicted molar refractivity (Wildman–Crippen MR) is 101 cm³/mol. The van der Waals surface area contributed by atoms with Gasteiger partial charge in [-0.05, 0) is 25.5 Å². The summed E-state index contributed by atoms with van der Waals surface area (Å²) in [5, 5.41) is -4.20. The molecule has 16 heteroatoms. The predicted octanol–water partition coefficient (Wildman–Crippen LogP) is 3.92. The van der Waals surface area contributed by atoms with Gasteiger partial charge in [-0.2, -0.15) is 39.2 Å². The molecule has 192 valence electrons. The number of para-hydroxylation sites is 1. The Morgan fingerprint density at radius 3 is 2.03 bits per heavy atom. The Morgan fingerprint density at radius 2 is 1.59 bits per heavy atom. The molecular formula is C18H18F7NO7S. The largest absolute Gasteiger partial charge is 0.466 e. The third-order valence-corrected chi connectivity index (χ3v) is 4.93. The molecule has 0 radical (unpaired) electrons. The monoisotopic (exact) mass is 525 g/mol. The molecule has 0 heterocycles. The third-order valence-electron chi connectivity index (χ3n) is 3.98. The highest BCUT2D eigenvalue weighted by Crippen LogP contribution is 2.42. The van der Waals surface area contributed by atoms with Gasteiger partial charge in [-0.25, -0.2) is 4.79 Å². The summed E-state index contributed by atoms with van der Waals surface area (Å²) < 4.78 is 133. The Kier molecular flexibility index (Phi) is 8.85. The molecule has 2 N–H and O–H groups in total. The Hall–Kier alpha value is -2.72. The smallest absolute Gasteiger partial charge is 0.412 e. The van der Waals surface area contributed by atoms with Crippen LogP contribution in [0.2, 0.25) is 0 Å². The van der Waals surface area contributed by atoms with Crippen LogP contribution in [0.5, 0.6) is 0 Å². The standard InChI is InChI=1S/C18H18F7NO7S/c1-11(2)13(27)33-16(17(21,22)23,14(28)26-12-7-4-3-5-8-12)32-10-6-9-15(19,20)18(24,25)34(29,30)31/h3-5,7-8H,1,6,9-10H2,2H3,(H,26,28)(H,29,30,31). The summed E-state index contributed by atoms with van der Waals surface area (Å²) >= 11 is 0. The van der Waals surface area contributed by atoms with Crippen molar-refractivity contribution < 1.29 is 62.8 Å². The van der Waals surface area contributed by atoms with Gasteiger partial charge in [0.25, 0.3) is 0 Å². The number of hydrogen-bond donors (Lipinski definition) is 2. The zero-order chi connectivity index (χ0) is 26.6. The van der Waals surface area contributed by atoms with Gasteiger partial charge in [-0.1, -0.05) is 24.8 Å². The van der Waals surface area contributed by atoms with Gasteiger partial charge < -0.3 is 14.8 Å². The second-order valence-electron chi connectivity index (χ2n) is 6.75. The van der Waals surface area contributed by atoms with Crippen LogP contribution in [0, 0.1) is 0 Å². The number of hydrogen-bond acceptors (Lipinski definition) is 6. The van der Waals surface area contributed by atoms with Crippen molar-refractivity contribution in [3.05, 3.63) is 42.5 Å². The summed E-state index contributed by atoms with van der Waals surface area (Å²) in [4.78, 5) is 24.3. The number of ether oxygens (including phenoxy) is 2. The van der Waals surface area contributed by atoms with Gasteiger partial charge in [-0.3, -0.25) is 9.35 Å². The average molecular weight is 525 g/mol. The molecule has 1 amide bonds. The molecule has 1 rings (SSSR count). The highest BCUT2D eigenvalue weighted by atomic mass is 32.2. The number of carbonyl (C=O) groups excluding carboxylic acids is 2. The number of carbonyl (C=O) groups is 2. The van der Waals surface area contributed by atoms with E-state index in [1.165, 1.54) is 18.2 Å². The zero-order valence-electron chi connectivity index (χ0n) is 17.2. The number of anilines is 1. The molecule has 0 aliphatic heterocycles. The summed E-state index contributed by atoms with van der Waals surface area (Å²) in [5.41, 5.74) is -0.820. The van der Waals surface area contributed by atoms with Crippen molar-refractivity contribution >= 4 is 27.7 Å². The molecule has 0 aliphatic rings. The van der Waals surface area contributed by atoms with Crippen molar-refractivity contribution in [2.24, 2.45) is 0 Å². The van der Waals surface area contributed by atoms with Crippen molar-refractivity contribution in [2.75, 3.05) is 11.9 Å². The molecule has 34 heavy (non-hydrogen) atoms. The highest BCUT2D eigenvalue weighted by Gasteiger charge is 2.67. The minimum Gasteiger partial charge on any atom is -0.412 e. The SMILES string of the molecule is C=C(C)C(=O)OC(OCCCC(F)(F)C(F)(F)S(=O)(=O)O)(C(=O)Nc1ccccc1)C(F)(F)F. The van der Waals surface area contributed by atoms with E-state index >= 15 is 0 Å². The van der Waals surface area contributed by atoms with Gasteiger partial charge in [0.1, 0.15) is 0 Å². The maximum Gasteiger partial charge on any atom is 0.466 e. The molecule has 1 aromatic carbocycles. The van der Waals surface area contributed by atoms with Crippen LogP contribution < -0.4 is 5.32 Å². The molecule has 1 atom stereocenters. The molecule has 1 unspecified atom stereocenters. The summed E-state index contributed by atoms with van der Waals surface area (Å²) in [5.74, 6) is -13.7. The summed E-state index contributed by atoms with van der Waals surface area (Å²) in [7, 11) is -6.57. The van der Waals surface area contributed by atoms with E-state index in [9.17, 15) is 48.7 Å². The first kappa shape index (κ1) is 29.3. The maximum absolute atomic E-state index is 13.9. The lowest BCUT2D eigenvalue weighted by Gasteiger charge is -2.33. The Balaban J connectivity index is 3.21. The molecule has 0 aromatic heterocycles. The van der Waals surface area contributed by atoms with E-state index in [4.69, 9.17) is 4.55 Å². The van der Waals surface area contributed by atoms with Crippen LogP contribution in [0.25, 0.3) is 0 Å². The topological polar surface area (TPSA) is 119 Å². The molecule has 0 bridgehead atoms. The van der Waals surface area contributed by atoms with E-state index in [0.717, 1.165) is 19.1 Å². The fourth-order valence-electron chi connectivity index (χ4n) is 2.21. The van der Waals surface area contributed by atoms with E-state index in [2.05, 4.69) is 16.1 Å². The van der Waals surface area contributed by atoms with Gasteiger partial charge >= 0.3 is 45.1 Å². The van der Waals surface area contributed by atoms with Crippen molar-refractivity contribution in [3.8, 4) is 0 Å². The second kappa shape index (κ2) is 10.3. The Bertz CT molecular complexity index is 1010. The van der Waals surface area contributed by atoms with Crippen LogP contribution in [0.3, 0.4) is 0 Å². The van der Waals surface area contributed by atoms with Crippen molar-refractivity contribution in [1.82, 2.24) is 0 Å². The molecule has 8 nitrogen and oxygen atoms in total. The van der Waals surface area contributed by atoms with Gasteiger partial charge in [0.05, 0.1) is 6.61 Å². The van der Waals surface area contributed by atoms with Crippen LogP contribution >= 0.6 is 0 Å². The lowest BCUT2D eigenvalue weighted by Crippen LogP contribution is -2.60. The summed E-state index contributed by atoms with van der Waals surface area (Å²) in [6, 6.07) is 6.40. The molecule has 0 aliphatic carbocycles. The number of benzene rings is 1. The molecule has 1 aromatic rings. The van der Waals surface area contributed by atoms with E-state index in [1.54, 1.807) is 5.32 Å². The average Bonchev–Trinajstić information content (AvgIpc) is 2.68. The first-order chi connectivity index (χ1) is 15.3. The summed E-state index contributed by atoms with van der Waals surface area (Å²) in [6.45, 7) is 2.44. The number of nitrogens with one attached hydrogen (secondary N) is 1. The van der Waals surface area contributed by atoms with Crippen LogP contribution in [0.4, 0.5) is 36.4 Å². The summed E-state index contributed by atoms with van der Waals surface area (Å²) in [6.07, 6.45) is -9.29. The molecule has 0 spiro atoms. The number of esters is 1. The first-order valence-electron chi connectivity index (χ1n) is 8.97. The van der Waals surface area contributed by atoms with Crippen LogP contribution in [-0.2, 0) is 29.2 Å². The number of rotatable bonds is 11. The first-order valence-corrected chi connectivity index (χ1v) is 10.4. The highest BCUT2D eigenvalue weighted by molar-refractivity contribution is 7.87.